The molecule has 3 N–H and O–H groups in total. The molecule has 0 unspecified atom stereocenters. The summed E-state index contributed by atoms with van der Waals surface area (Å²) < 4.78 is 0. The number of fused-ring (bicyclic) bond motifs is 1. The van der Waals surface area contributed by atoms with E-state index >= 15 is 0 Å². The number of hydrogen-bond acceptors (Lipinski definition) is 6. The Labute approximate surface area is 173 Å². The summed E-state index contributed by atoms with van der Waals surface area (Å²) in [7, 11) is 0. The van der Waals surface area contributed by atoms with Crippen LogP contribution in [0.15, 0.2) is 59.8 Å². The summed E-state index contributed by atoms with van der Waals surface area (Å²) in [5, 5.41) is 10.0. The maximum atomic E-state index is 12.1. The summed E-state index contributed by atoms with van der Waals surface area (Å²) in [4.78, 5) is 32.8. The molecule has 0 aliphatic rings. The number of hydrogen-bond donors (Lipinski definition) is 3. The highest BCUT2D eigenvalue weighted by atomic mass is 32.2. The Morgan fingerprint density at radius 1 is 0.931 bits per heavy atom. The molecule has 2 aromatic carbocycles. The molecule has 0 fully saturated rings. The van der Waals surface area contributed by atoms with Crippen molar-refractivity contribution in [1.29, 1.82) is 0 Å². The van der Waals surface area contributed by atoms with Gasteiger partial charge in [0.15, 0.2) is 5.16 Å². The molecule has 0 bridgehead atoms. The van der Waals surface area contributed by atoms with Crippen LogP contribution < -0.4 is 16.0 Å². The first-order valence-corrected chi connectivity index (χ1v) is 10.4. The lowest BCUT2D eigenvalue weighted by Gasteiger charge is -2.11. The molecule has 1 aromatic heterocycles. The van der Waals surface area contributed by atoms with Crippen LogP contribution in [0.2, 0.25) is 0 Å². The molecule has 150 valence electrons. The zero-order valence-corrected chi connectivity index (χ0v) is 17.0. The van der Waals surface area contributed by atoms with E-state index in [4.69, 9.17) is 0 Å². The van der Waals surface area contributed by atoms with Crippen molar-refractivity contribution in [2.75, 3.05) is 24.2 Å². The van der Waals surface area contributed by atoms with Gasteiger partial charge in [0, 0.05) is 17.6 Å². The van der Waals surface area contributed by atoms with Gasteiger partial charge in [0.1, 0.15) is 5.82 Å². The fourth-order valence-corrected chi connectivity index (χ4v) is 3.24. The minimum absolute atomic E-state index is 0.0290. The van der Waals surface area contributed by atoms with E-state index in [1.165, 1.54) is 11.8 Å². The van der Waals surface area contributed by atoms with Crippen molar-refractivity contribution in [2.45, 2.75) is 18.5 Å². The summed E-state index contributed by atoms with van der Waals surface area (Å²) in [5.74, 6) is 0.380. The molecular formula is C21H23N5O2S. The van der Waals surface area contributed by atoms with Gasteiger partial charge in [-0.15, -0.1) is 0 Å². The number of aromatic nitrogens is 2. The molecule has 0 radical (unpaired) electrons. The molecule has 8 heteroatoms. The summed E-state index contributed by atoms with van der Waals surface area (Å²) in [6.45, 7) is 2.55. The van der Waals surface area contributed by atoms with Crippen LogP contribution in [0.5, 0.6) is 0 Å². The number of benzene rings is 2. The lowest BCUT2D eigenvalue weighted by molar-refractivity contribution is -0.124. The van der Waals surface area contributed by atoms with E-state index in [9.17, 15) is 9.59 Å². The number of nitrogens with zero attached hydrogens (tertiary/aromatic N) is 2. The molecule has 0 aliphatic carbocycles. The molecule has 29 heavy (non-hydrogen) atoms. The van der Waals surface area contributed by atoms with Gasteiger partial charge in [-0.2, -0.15) is 0 Å². The average Bonchev–Trinajstić information content (AvgIpc) is 2.75. The second-order valence-electron chi connectivity index (χ2n) is 6.28. The van der Waals surface area contributed by atoms with Crippen LogP contribution in [0.1, 0.15) is 13.3 Å². The van der Waals surface area contributed by atoms with E-state index in [0.29, 0.717) is 17.5 Å². The Bertz CT molecular complexity index is 981. The third kappa shape index (κ3) is 6.18. The molecule has 0 aliphatic heterocycles. The smallest absolute Gasteiger partial charge is 0.239 e. The third-order valence-corrected chi connectivity index (χ3v) is 4.82. The molecule has 1 heterocycles. The first kappa shape index (κ1) is 20.6. The van der Waals surface area contributed by atoms with Gasteiger partial charge >= 0.3 is 0 Å². The predicted molar refractivity (Wildman–Crippen MR) is 116 cm³/mol. The number of nitrogens with one attached hydrogen (secondary N) is 3. The molecule has 2 amide bonds. The minimum Gasteiger partial charge on any atom is -0.355 e. The van der Waals surface area contributed by atoms with E-state index in [0.717, 1.165) is 23.0 Å². The van der Waals surface area contributed by atoms with E-state index in [1.54, 1.807) is 0 Å². The van der Waals surface area contributed by atoms with Gasteiger partial charge < -0.3 is 16.0 Å². The second kappa shape index (κ2) is 10.4. The molecule has 0 atom stereocenters. The monoisotopic (exact) mass is 409 g/mol. The van der Waals surface area contributed by atoms with Gasteiger partial charge in [-0.3, -0.25) is 9.59 Å². The Hall–Kier alpha value is -3.13. The van der Waals surface area contributed by atoms with Gasteiger partial charge in [0.05, 0.1) is 17.8 Å². The quantitative estimate of drug-likeness (QED) is 0.371. The molecular weight excluding hydrogens is 386 g/mol. The molecule has 0 saturated carbocycles. The van der Waals surface area contributed by atoms with Crippen molar-refractivity contribution in [2.24, 2.45) is 0 Å². The van der Waals surface area contributed by atoms with Gasteiger partial charge in [-0.1, -0.05) is 49.0 Å². The van der Waals surface area contributed by atoms with Gasteiger partial charge in [-0.25, -0.2) is 9.97 Å². The minimum atomic E-state index is -0.240. The number of thioether (sulfide) groups is 1. The molecule has 0 saturated heterocycles. The van der Waals surface area contributed by atoms with Crippen molar-refractivity contribution < 1.29 is 9.59 Å². The van der Waals surface area contributed by atoms with Crippen LogP contribution >= 0.6 is 11.8 Å². The van der Waals surface area contributed by atoms with Crippen molar-refractivity contribution in [3.63, 3.8) is 0 Å². The second-order valence-corrected chi connectivity index (χ2v) is 7.22. The highest BCUT2D eigenvalue weighted by Crippen LogP contribution is 2.26. The summed E-state index contributed by atoms with van der Waals surface area (Å²) >= 11 is 1.23. The number of para-hydroxylation sites is 2. The van der Waals surface area contributed by atoms with Crippen LogP contribution in [-0.2, 0) is 9.59 Å². The Morgan fingerprint density at radius 3 is 2.48 bits per heavy atom. The Morgan fingerprint density at radius 2 is 1.69 bits per heavy atom. The fraction of sp³-hybridized carbons (Fsp3) is 0.238. The maximum Gasteiger partial charge on any atom is 0.239 e. The van der Waals surface area contributed by atoms with Crippen LogP contribution in [0.3, 0.4) is 0 Å². The van der Waals surface area contributed by atoms with Crippen LogP contribution in [0, 0.1) is 0 Å². The SMILES string of the molecule is CCCNC(=O)CNC(=O)CSc1nc(Nc2ccccc2)c2ccccc2n1. The number of amides is 2. The van der Waals surface area contributed by atoms with Crippen molar-refractivity contribution in [1.82, 2.24) is 20.6 Å². The summed E-state index contributed by atoms with van der Waals surface area (Å²) in [5.41, 5.74) is 1.71. The lowest BCUT2D eigenvalue weighted by Crippen LogP contribution is -2.37. The molecule has 0 spiro atoms. The van der Waals surface area contributed by atoms with Crippen molar-refractivity contribution >= 4 is 46.0 Å². The van der Waals surface area contributed by atoms with Crippen LogP contribution in [0.4, 0.5) is 11.5 Å². The number of anilines is 2. The van der Waals surface area contributed by atoms with Gasteiger partial charge in [-0.05, 0) is 30.7 Å². The molecule has 7 nitrogen and oxygen atoms in total. The van der Waals surface area contributed by atoms with E-state index in [1.807, 2.05) is 61.5 Å². The molecule has 3 aromatic rings. The standard InChI is InChI=1S/C21H23N5O2S/c1-2-12-22-18(27)13-23-19(28)14-29-21-25-17-11-7-6-10-16(17)20(26-21)24-15-8-4-3-5-9-15/h3-11H,2,12-14H2,1H3,(H,22,27)(H,23,28)(H,24,25,26). The third-order valence-electron chi connectivity index (χ3n) is 3.97. The molecule has 3 rings (SSSR count). The van der Waals surface area contributed by atoms with E-state index in [-0.39, 0.29) is 24.1 Å². The predicted octanol–water partition coefficient (Wildman–Crippen LogP) is 3.11. The first-order chi connectivity index (χ1) is 14.2. The Kier molecular flexibility index (Phi) is 7.40. The topological polar surface area (TPSA) is 96.0 Å². The highest BCUT2D eigenvalue weighted by Gasteiger charge is 2.11. The van der Waals surface area contributed by atoms with Crippen LogP contribution in [-0.4, -0.2) is 40.6 Å². The number of carbonyl (C=O) groups excluding carboxylic acids is 2. The van der Waals surface area contributed by atoms with E-state index in [2.05, 4.69) is 25.9 Å². The first-order valence-electron chi connectivity index (χ1n) is 9.40. The number of rotatable bonds is 9. The van der Waals surface area contributed by atoms with E-state index < -0.39 is 0 Å². The maximum absolute atomic E-state index is 12.1. The zero-order chi connectivity index (χ0) is 20.5. The van der Waals surface area contributed by atoms with Crippen LogP contribution in [0.25, 0.3) is 10.9 Å². The zero-order valence-electron chi connectivity index (χ0n) is 16.1. The van der Waals surface area contributed by atoms with Gasteiger partial charge in [0.25, 0.3) is 0 Å². The van der Waals surface area contributed by atoms with Crippen molar-refractivity contribution in [3.05, 3.63) is 54.6 Å². The van der Waals surface area contributed by atoms with Gasteiger partial charge in [0.2, 0.25) is 11.8 Å². The fourth-order valence-electron chi connectivity index (χ4n) is 2.56. The highest BCUT2D eigenvalue weighted by molar-refractivity contribution is 7.99. The summed E-state index contributed by atoms with van der Waals surface area (Å²) in [6.07, 6.45) is 0.855. The van der Waals surface area contributed by atoms with Crippen molar-refractivity contribution in [3.8, 4) is 0 Å². The number of carbonyl (C=O) groups is 2. The normalized spacial score (nSPS) is 10.5. The summed E-state index contributed by atoms with van der Waals surface area (Å²) in [6, 6.07) is 17.5. The average molecular weight is 410 g/mol. The lowest BCUT2D eigenvalue weighted by atomic mass is 10.2. The largest absolute Gasteiger partial charge is 0.355 e. The Balaban J connectivity index is 1.66.